The van der Waals surface area contributed by atoms with E-state index in [-0.39, 0.29) is 6.09 Å². The zero-order chi connectivity index (χ0) is 25.4. The van der Waals surface area contributed by atoms with Gasteiger partial charge in [0, 0.05) is 60.4 Å². The molecule has 0 aliphatic carbocycles. The van der Waals surface area contributed by atoms with Crippen LogP contribution in [0.1, 0.15) is 58.1 Å². The highest BCUT2D eigenvalue weighted by molar-refractivity contribution is 7.99. The van der Waals surface area contributed by atoms with Gasteiger partial charge < -0.3 is 24.8 Å². The van der Waals surface area contributed by atoms with E-state index in [2.05, 4.69) is 53.2 Å². The van der Waals surface area contributed by atoms with Crippen molar-refractivity contribution in [1.82, 2.24) is 4.90 Å². The van der Waals surface area contributed by atoms with Crippen LogP contribution in [0, 0.1) is 6.92 Å². The fourth-order valence-electron chi connectivity index (χ4n) is 5.40. The zero-order valence-corrected chi connectivity index (χ0v) is 23.3. The third-order valence-corrected chi connectivity index (χ3v) is 8.37. The Balaban J connectivity index is 1.38. The number of nitrogens with zero attached hydrogens (tertiary/aromatic N) is 3. The number of fused-ring (bicyclic) bond motifs is 2. The van der Waals surface area contributed by atoms with E-state index in [1.807, 2.05) is 37.4 Å². The van der Waals surface area contributed by atoms with Gasteiger partial charge in [-0.15, -0.1) is 0 Å². The summed E-state index contributed by atoms with van der Waals surface area (Å²) in [5.74, 6) is 0. The van der Waals surface area contributed by atoms with Crippen molar-refractivity contribution in [3.63, 3.8) is 0 Å². The summed E-state index contributed by atoms with van der Waals surface area (Å²) in [6.07, 6.45) is 4.28. The van der Waals surface area contributed by atoms with Gasteiger partial charge in [0.25, 0.3) is 0 Å². The van der Waals surface area contributed by atoms with Crippen molar-refractivity contribution in [2.24, 2.45) is 0 Å². The number of amides is 1. The fourth-order valence-corrected chi connectivity index (χ4v) is 6.60. The molecule has 0 aromatic heterocycles. The summed E-state index contributed by atoms with van der Waals surface area (Å²) in [6.45, 7) is 15.7. The number of carbonyl (C=O) groups is 1. The van der Waals surface area contributed by atoms with Crippen LogP contribution in [0.5, 0.6) is 0 Å². The summed E-state index contributed by atoms with van der Waals surface area (Å²) in [6, 6.07) is 9.40. The molecule has 3 aliphatic rings. The van der Waals surface area contributed by atoms with E-state index in [0.717, 1.165) is 45.6 Å². The molecule has 1 amide bonds. The monoisotopic (exact) mass is 508 g/mol. The Hall–Kier alpha value is -2.54. The van der Waals surface area contributed by atoms with E-state index in [1.54, 1.807) is 0 Å². The van der Waals surface area contributed by atoms with Crippen molar-refractivity contribution in [2.45, 2.75) is 75.7 Å². The number of carbonyl (C=O) groups excluding carboxylic acids is 1. The molecule has 5 rings (SSSR count). The van der Waals surface area contributed by atoms with Crippen molar-refractivity contribution >= 4 is 40.6 Å². The lowest BCUT2D eigenvalue weighted by Gasteiger charge is -2.30. The van der Waals surface area contributed by atoms with Gasteiger partial charge in [-0.1, -0.05) is 18.7 Å². The number of aryl methyl sites for hydroxylation is 2. The first kappa shape index (κ1) is 25.1. The highest BCUT2D eigenvalue weighted by Crippen LogP contribution is 2.49. The molecule has 0 radical (unpaired) electrons. The predicted molar refractivity (Wildman–Crippen MR) is 150 cm³/mol. The first-order valence-corrected chi connectivity index (χ1v) is 14.3. The molecular weight excluding hydrogens is 468 g/mol. The van der Waals surface area contributed by atoms with Gasteiger partial charge in [-0.2, -0.15) is 0 Å². The first-order chi connectivity index (χ1) is 17.2. The molecule has 6 nitrogen and oxygen atoms in total. The van der Waals surface area contributed by atoms with Gasteiger partial charge in [0.15, 0.2) is 0 Å². The Labute approximate surface area is 220 Å². The molecule has 2 fully saturated rings. The van der Waals surface area contributed by atoms with Crippen LogP contribution in [0.3, 0.4) is 0 Å². The van der Waals surface area contributed by atoms with E-state index in [1.165, 1.54) is 56.5 Å². The number of ether oxygens (including phenoxy) is 1. The highest BCUT2D eigenvalue weighted by atomic mass is 32.2. The number of nitrogens with one attached hydrogen (secondary N) is 1. The number of rotatable bonds is 3. The van der Waals surface area contributed by atoms with Crippen LogP contribution in [0.2, 0.25) is 0 Å². The lowest BCUT2D eigenvalue weighted by molar-refractivity contribution is 0.0263. The van der Waals surface area contributed by atoms with Gasteiger partial charge in [0.05, 0.1) is 11.4 Å². The fraction of sp³-hybridized carbons (Fsp3) is 0.552. The summed E-state index contributed by atoms with van der Waals surface area (Å²) in [7, 11) is 0. The topological polar surface area (TPSA) is 48.1 Å². The van der Waals surface area contributed by atoms with Crippen LogP contribution in [-0.4, -0.2) is 55.9 Å². The normalized spacial score (nSPS) is 17.9. The van der Waals surface area contributed by atoms with Gasteiger partial charge in [-0.25, -0.2) is 4.79 Å². The Kier molecular flexibility index (Phi) is 7.03. The molecular formula is C29H40N4O2S. The SMILES string of the molecule is CCc1cc(N2CCCN(C(=O)OC(C)(C)C)CC2)cc2c1Nc1c(C)cc(N3CCCC3)cc1S2. The van der Waals surface area contributed by atoms with E-state index in [4.69, 9.17) is 4.74 Å². The maximum Gasteiger partial charge on any atom is 0.410 e. The zero-order valence-electron chi connectivity index (χ0n) is 22.4. The minimum absolute atomic E-state index is 0.204. The van der Waals surface area contributed by atoms with E-state index >= 15 is 0 Å². The quantitative estimate of drug-likeness (QED) is 0.419. The lowest BCUT2D eigenvalue weighted by Crippen LogP contribution is -2.39. The lowest BCUT2D eigenvalue weighted by atomic mass is 10.1. The minimum Gasteiger partial charge on any atom is -0.444 e. The second-order valence-corrected chi connectivity index (χ2v) is 12.3. The maximum absolute atomic E-state index is 12.6. The Bertz CT molecular complexity index is 1140. The van der Waals surface area contributed by atoms with Crippen molar-refractivity contribution in [2.75, 3.05) is 54.4 Å². The second-order valence-electron chi connectivity index (χ2n) is 11.2. The van der Waals surface area contributed by atoms with Crippen molar-refractivity contribution in [3.8, 4) is 0 Å². The number of anilines is 4. The summed E-state index contributed by atoms with van der Waals surface area (Å²) in [4.78, 5) is 22.1. The summed E-state index contributed by atoms with van der Waals surface area (Å²) < 4.78 is 5.63. The molecule has 3 heterocycles. The maximum atomic E-state index is 12.6. The molecule has 7 heteroatoms. The number of hydrogen-bond acceptors (Lipinski definition) is 6. The molecule has 1 N–H and O–H groups in total. The van der Waals surface area contributed by atoms with E-state index < -0.39 is 5.60 Å². The van der Waals surface area contributed by atoms with Crippen LogP contribution in [0.15, 0.2) is 34.1 Å². The number of hydrogen-bond donors (Lipinski definition) is 1. The minimum atomic E-state index is -0.467. The van der Waals surface area contributed by atoms with Gasteiger partial charge in [-0.05, 0) is 88.8 Å². The van der Waals surface area contributed by atoms with Crippen LogP contribution in [-0.2, 0) is 11.2 Å². The number of benzene rings is 2. The standard InChI is InChI=1S/C29H40N4O2S/c1-6-21-17-23(32-12-9-13-33(15-14-32)28(34)35-29(3,4)5)19-25-27(21)30-26-20(2)16-22(18-24(26)36-25)31-10-7-8-11-31/h16-19,30H,6-15H2,1-5H3. The molecule has 2 aromatic rings. The Morgan fingerprint density at radius 1 is 0.889 bits per heavy atom. The average Bonchev–Trinajstić information content (AvgIpc) is 3.25. The molecule has 36 heavy (non-hydrogen) atoms. The Morgan fingerprint density at radius 2 is 1.53 bits per heavy atom. The molecule has 0 saturated carbocycles. The molecule has 0 bridgehead atoms. The second kappa shape index (κ2) is 10.1. The third-order valence-electron chi connectivity index (χ3n) is 7.29. The average molecular weight is 509 g/mol. The van der Waals surface area contributed by atoms with Crippen LogP contribution < -0.4 is 15.1 Å². The van der Waals surface area contributed by atoms with E-state index in [9.17, 15) is 4.79 Å². The van der Waals surface area contributed by atoms with Crippen LogP contribution in [0.4, 0.5) is 27.5 Å². The van der Waals surface area contributed by atoms with Crippen molar-refractivity contribution in [1.29, 1.82) is 0 Å². The van der Waals surface area contributed by atoms with Crippen molar-refractivity contribution < 1.29 is 9.53 Å². The summed E-state index contributed by atoms with van der Waals surface area (Å²) >= 11 is 1.89. The highest BCUT2D eigenvalue weighted by Gasteiger charge is 2.27. The van der Waals surface area contributed by atoms with Gasteiger partial charge in [-0.3, -0.25) is 0 Å². The van der Waals surface area contributed by atoms with Gasteiger partial charge in [0.1, 0.15) is 5.60 Å². The molecule has 3 aliphatic heterocycles. The summed E-state index contributed by atoms with van der Waals surface area (Å²) in [5.41, 5.74) is 7.29. The molecule has 0 spiro atoms. The van der Waals surface area contributed by atoms with Crippen LogP contribution >= 0.6 is 11.8 Å². The molecule has 2 aromatic carbocycles. The van der Waals surface area contributed by atoms with Crippen LogP contribution in [0.25, 0.3) is 0 Å². The molecule has 2 saturated heterocycles. The van der Waals surface area contributed by atoms with E-state index in [0.29, 0.717) is 6.54 Å². The molecule has 0 unspecified atom stereocenters. The molecule has 0 atom stereocenters. The van der Waals surface area contributed by atoms with Gasteiger partial charge >= 0.3 is 6.09 Å². The first-order valence-electron chi connectivity index (χ1n) is 13.5. The van der Waals surface area contributed by atoms with Crippen molar-refractivity contribution in [3.05, 3.63) is 35.4 Å². The smallest absolute Gasteiger partial charge is 0.410 e. The predicted octanol–water partition coefficient (Wildman–Crippen LogP) is 6.81. The molecule has 194 valence electrons. The largest absolute Gasteiger partial charge is 0.444 e. The summed E-state index contributed by atoms with van der Waals surface area (Å²) in [5, 5.41) is 3.80. The van der Waals surface area contributed by atoms with Gasteiger partial charge in [0.2, 0.25) is 0 Å². The third kappa shape index (κ3) is 5.26. The Morgan fingerprint density at radius 3 is 2.22 bits per heavy atom.